The van der Waals surface area contributed by atoms with Crippen molar-refractivity contribution in [2.45, 2.75) is 11.4 Å². The van der Waals surface area contributed by atoms with Gasteiger partial charge in [0.25, 0.3) is 10.0 Å². The normalized spacial score (nSPS) is 13.4. The number of sulfonamides is 1. The van der Waals surface area contributed by atoms with E-state index in [4.69, 9.17) is 14.2 Å². The molecule has 0 atom stereocenters. The van der Waals surface area contributed by atoms with Gasteiger partial charge < -0.3 is 19.1 Å². The molecule has 9 heteroatoms. The average Bonchev–Trinajstić information content (AvgIpc) is 3.26. The molecule has 0 saturated carbocycles. The number of hydrogen-bond acceptors (Lipinski definition) is 7. The van der Waals surface area contributed by atoms with Gasteiger partial charge in [-0.2, -0.15) is 8.42 Å². The maximum atomic E-state index is 12.8. The van der Waals surface area contributed by atoms with Gasteiger partial charge in [0.2, 0.25) is 0 Å². The number of anilines is 1. The minimum absolute atomic E-state index is 0.166. The second-order valence-electron chi connectivity index (χ2n) is 8.84. The molecule has 0 aromatic heterocycles. The lowest BCUT2D eigenvalue weighted by Crippen LogP contribution is -2.30. The van der Waals surface area contributed by atoms with E-state index in [0.29, 0.717) is 35.1 Å². The molecule has 4 aromatic rings. The summed E-state index contributed by atoms with van der Waals surface area (Å²) >= 11 is 0. The van der Waals surface area contributed by atoms with Gasteiger partial charge in [-0.05, 0) is 77.9 Å². The van der Waals surface area contributed by atoms with E-state index >= 15 is 0 Å². The largest absolute Gasteiger partial charge is 0.497 e. The summed E-state index contributed by atoms with van der Waals surface area (Å²) in [6.07, 6.45) is 3.00. The summed E-state index contributed by atoms with van der Waals surface area (Å²) in [4.78, 5) is 14.4. The van der Waals surface area contributed by atoms with E-state index in [1.807, 2.05) is 41.3 Å². The molecule has 0 aliphatic carbocycles. The fraction of sp³-hybridized carbons (Fsp3) is 0.0968. The number of rotatable bonds is 8. The number of esters is 1. The van der Waals surface area contributed by atoms with Crippen molar-refractivity contribution >= 4 is 33.6 Å². The molecule has 202 valence electrons. The number of fused-ring (bicyclic) bond motifs is 1. The summed E-state index contributed by atoms with van der Waals surface area (Å²) in [5.74, 6) is 1.58. The molecule has 1 aliphatic heterocycles. The van der Waals surface area contributed by atoms with Crippen molar-refractivity contribution in [2.24, 2.45) is 4.40 Å². The highest BCUT2D eigenvalue weighted by molar-refractivity contribution is 7.90. The first-order chi connectivity index (χ1) is 19.4. The van der Waals surface area contributed by atoms with E-state index in [1.165, 1.54) is 6.08 Å². The first-order valence-electron chi connectivity index (χ1n) is 12.3. The highest BCUT2D eigenvalue weighted by Gasteiger charge is 2.32. The Labute approximate surface area is 232 Å². The number of nitrogens with zero attached hydrogens (tertiary/aromatic N) is 2. The van der Waals surface area contributed by atoms with Gasteiger partial charge >= 0.3 is 5.97 Å². The third kappa shape index (κ3) is 5.89. The van der Waals surface area contributed by atoms with Crippen LogP contribution in [0.25, 0.3) is 6.08 Å². The van der Waals surface area contributed by atoms with E-state index in [2.05, 4.69) is 4.40 Å². The number of carbonyl (C=O) groups excluding carboxylic acids is 1. The first-order valence-corrected chi connectivity index (χ1v) is 13.8. The topological polar surface area (TPSA) is 94.5 Å². The van der Waals surface area contributed by atoms with Gasteiger partial charge in [-0.15, -0.1) is 4.40 Å². The van der Waals surface area contributed by atoms with Crippen molar-refractivity contribution in [1.29, 1.82) is 0 Å². The number of carbonyl (C=O) groups is 1. The van der Waals surface area contributed by atoms with Crippen LogP contribution in [0.4, 0.5) is 5.69 Å². The maximum absolute atomic E-state index is 12.8. The molecule has 1 aliphatic rings. The van der Waals surface area contributed by atoms with Gasteiger partial charge in [0.1, 0.15) is 22.1 Å². The van der Waals surface area contributed by atoms with Crippen LogP contribution >= 0.6 is 0 Å². The monoisotopic (exact) mass is 554 g/mol. The molecule has 0 radical (unpaired) electrons. The van der Waals surface area contributed by atoms with Crippen molar-refractivity contribution in [1.82, 2.24) is 0 Å². The lowest BCUT2D eigenvalue weighted by atomic mass is 10.1. The van der Waals surface area contributed by atoms with Crippen molar-refractivity contribution in [3.05, 3.63) is 120 Å². The fourth-order valence-corrected chi connectivity index (χ4v) is 5.42. The van der Waals surface area contributed by atoms with Crippen molar-refractivity contribution < 1.29 is 27.4 Å². The summed E-state index contributed by atoms with van der Waals surface area (Å²) < 4.78 is 45.6. The van der Waals surface area contributed by atoms with Crippen molar-refractivity contribution in [2.75, 3.05) is 19.1 Å². The molecule has 5 rings (SSSR count). The first kappa shape index (κ1) is 26.7. The minimum Gasteiger partial charge on any atom is -0.497 e. The SMILES string of the molecule is COc1ccc(/C=C/C(=O)Oc2ccc(N(Cc3ccc(OC)cc3)C3=NS(=O)(=O)c4ccccc43)cc2)cc1. The van der Waals surface area contributed by atoms with E-state index < -0.39 is 16.0 Å². The lowest BCUT2D eigenvalue weighted by Gasteiger charge is -2.25. The molecule has 0 saturated heterocycles. The maximum Gasteiger partial charge on any atom is 0.336 e. The van der Waals surface area contributed by atoms with Crippen molar-refractivity contribution in [3.63, 3.8) is 0 Å². The molecule has 0 amide bonds. The number of ether oxygens (including phenoxy) is 3. The molecule has 0 unspecified atom stereocenters. The fourth-order valence-electron chi connectivity index (χ4n) is 4.21. The molecule has 4 aromatic carbocycles. The van der Waals surface area contributed by atoms with Gasteiger partial charge in [0.05, 0.1) is 14.2 Å². The summed E-state index contributed by atoms with van der Waals surface area (Å²) in [7, 11) is -0.638. The number of methoxy groups -OCH3 is 2. The van der Waals surface area contributed by atoms with Crippen LogP contribution in [0, 0.1) is 0 Å². The summed E-state index contributed by atoms with van der Waals surface area (Å²) in [5.41, 5.74) is 2.95. The van der Waals surface area contributed by atoms with E-state index in [9.17, 15) is 13.2 Å². The van der Waals surface area contributed by atoms with Crippen LogP contribution in [0.3, 0.4) is 0 Å². The lowest BCUT2D eigenvalue weighted by molar-refractivity contribution is -0.128. The Bertz CT molecular complexity index is 1680. The molecular weight excluding hydrogens is 528 g/mol. The van der Waals surface area contributed by atoms with Crippen LogP contribution in [0.1, 0.15) is 16.7 Å². The van der Waals surface area contributed by atoms with Gasteiger partial charge in [-0.25, -0.2) is 4.79 Å². The molecule has 40 heavy (non-hydrogen) atoms. The molecule has 8 nitrogen and oxygen atoms in total. The third-order valence-corrected chi connectivity index (χ3v) is 7.59. The third-order valence-electron chi connectivity index (χ3n) is 6.26. The Balaban J connectivity index is 1.39. The van der Waals surface area contributed by atoms with Crippen LogP contribution in [-0.4, -0.2) is 34.4 Å². The quantitative estimate of drug-likeness (QED) is 0.162. The predicted octanol–water partition coefficient (Wildman–Crippen LogP) is 5.48. The molecule has 0 bridgehead atoms. The van der Waals surface area contributed by atoms with Gasteiger partial charge in [-0.3, -0.25) is 0 Å². The van der Waals surface area contributed by atoms with E-state index in [1.54, 1.807) is 81.0 Å². The molecular formula is C31H26N2O6S. The molecule has 1 heterocycles. The predicted molar refractivity (Wildman–Crippen MR) is 153 cm³/mol. The van der Waals surface area contributed by atoms with Crippen LogP contribution in [0.2, 0.25) is 0 Å². The van der Waals surface area contributed by atoms with Crippen LogP contribution < -0.4 is 19.1 Å². The smallest absolute Gasteiger partial charge is 0.336 e. The number of hydrogen-bond donors (Lipinski definition) is 0. The van der Waals surface area contributed by atoms with E-state index in [-0.39, 0.29) is 4.90 Å². The summed E-state index contributed by atoms with van der Waals surface area (Å²) in [5, 5.41) is 0. The Morgan fingerprint density at radius 1 is 0.800 bits per heavy atom. The Morgan fingerprint density at radius 3 is 2.05 bits per heavy atom. The molecule has 0 spiro atoms. The van der Waals surface area contributed by atoms with Gasteiger partial charge in [0.15, 0.2) is 5.84 Å². The highest BCUT2D eigenvalue weighted by atomic mass is 32.2. The summed E-state index contributed by atoms with van der Waals surface area (Å²) in [6, 6.07) is 28.4. The number of amidine groups is 1. The van der Waals surface area contributed by atoms with Crippen LogP contribution in [0.5, 0.6) is 17.2 Å². The second-order valence-corrected chi connectivity index (χ2v) is 10.4. The van der Waals surface area contributed by atoms with Crippen LogP contribution in [-0.2, 0) is 21.4 Å². The Morgan fingerprint density at radius 2 is 1.40 bits per heavy atom. The van der Waals surface area contributed by atoms with Gasteiger partial charge in [0, 0.05) is 23.9 Å². The van der Waals surface area contributed by atoms with E-state index in [0.717, 1.165) is 16.9 Å². The van der Waals surface area contributed by atoms with Crippen LogP contribution in [0.15, 0.2) is 112 Å². The molecule has 0 N–H and O–H groups in total. The zero-order valence-corrected chi connectivity index (χ0v) is 22.7. The Kier molecular flexibility index (Phi) is 7.65. The zero-order chi connectivity index (χ0) is 28.1. The average molecular weight is 555 g/mol. The number of benzene rings is 4. The zero-order valence-electron chi connectivity index (χ0n) is 21.9. The van der Waals surface area contributed by atoms with Gasteiger partial charge in [-0.1, -0.05) is 36.4 Å². The highest BCUT2D eigenvalue weighted by Crippen LogP contribution is 2.32. The second kappa shape index (κ2) is 11.5. The molecule has 0 fully saturated rings. The van der Waals surface area contributed by atoms with Crippen molar-refractivity contribution in [3.8, 4) is 17.2 Å². The minimum atomic E-state index is -3.83. The standard InChI is InChI=1S/C31H26N2O6S/c1-37-25-14-7-22(8-15-25)11-20-30(34)39-27-18-12-24(13-19-27)33(21-23-9-16-26(38-2)17-10-23)31-28-5-3-4-6-29(28)40(35,36)32-31/h3-20H,21H2,1-2H3/b20-11+. The Hall–Kier alpha value is -4.89. The summed E-state index contributed by atoms with van der Waals surface area (Å²) in [6.45, 7) is 0.344.